The van der Waals surface area contributed by atoms with Crippen molar-refractivity contribution in [1.29, 1.82) is 0 Å². The van der Waals surface area contributed by atoms with Gasteiger partial charge in [0.15, 0.2) is 0 Å². The minimum atomic E-state index is 1.13. The van der Waals surface area contributed by atoms with E-state index in [4.69, 9.17) is 0 Å². The van der Waals surface area contributed by atoms with Crippen LogP contribution in [-0.4, -0.2) is 0 Å². The summed E-state index contributed by atoms with van der Waals surface area (Å²) in [6.07, 6.45) is 9.21. The predicted molar refractivity (Wildman–Crippen MR) is 229 cm³/mol. The van der Waals surface area contributed by atoms with Gasteiger partial charge in [0.1, 0.15) is 0 Å². The van der Waals surface area contributed by atoms with Gasteiger partial charge in [0.05, 0.1) is 11.4 Å². The Labute approximate surface area is 314 Å². The second-order valence-corrected chi connectivity index (χ2v) is 14.2. The van der Waals surface area contributed by atoms with Crippen LogP contribution in [0, 0.1) is 27.7 Å². The maximum Gasteiger partial charge on any atom is 0.0534 e. The number of fused-ring (bicyclic) bond motifs is 2. The van der Waals surface area contributed by atoms with Crippen LogP contribution < -0.4 is 4.90 Å². The topological polar surface area (TPSA) is 3.24 Å². The summed E-state index contributed by atoms with van der Waals surface area (Å²) >= 11 is 0. The minimum Gasteiger partial charge on any atom is -0.309 e. The van der Waals surface area contributed by atoms with E-state index in [1.165, 1.54) is 66.8 Å². The monoisotopic (exact) mass is 681 g/mol. The van der Waals surface area contributed by atoms with Gasteiger partial charge < -0.3 is 4.90 Å². The molecule has 53 heavy (non-hydrogen) atoms. The Bertz CT molecular complexity index is 2220. The van der Waals surface area contributed by atoms with Gasteiger partial charge in [-0.3, -0.25) is 0 Å². The number of para-hydroxylation sites is 1. The lowest BCUT2D eigenvalue weighted by molar-refractivity contribution is 1.27. The highest BCUT2D eigenvalue weighted by molar-refractivity contribution is 5.98. The van der Waals surface area contributed by atoms with E-state index >= 15 is 0 Å². The zero-order valence-corrected chi connectivity index (χ0v) is 30.8. The van der Waals surface area contributed by atoms with E-state index in [1.54, 1.807) is 0 Å². The van der Waals surface area contributed by atoms with Crippen molar-refractivity contribution >= 4 is 52.5 Å². The third-order valence-corrected chi connectivity index (χ3v) is 10.1. The van der Waals surface area contributed by atoms with E-state index in [2.05, 4.69) is 221 Å². The Balaban J connectivity index is 1.24. The molecule has 0 saturated carbocycles. The summed E-state index contributed by atoms with van der Waals surface area (Å²) in [5.41, 5.74) is 20.4. The predicted octanol–water partition coefficient (Wildman–Crippen LogP) is 14.1. The first-order valence-corrected chi connectivity index (χ1v) is 18.4. The first-order valence-electron chi connectivity index (χ1n) is 18.4. The quantitative estimate of drug-likeness (QED) is 0.151. The summed E-state index contributed by atoms with van der Waals surface area (Å²) in [6, 6.07) is 59.8. The number of rotatable bonds is 7. The number of nitrogens with zero attached hydrogens (tertiary/aromatic N) is 1. The standard InChI is InChI=1S/C52H43N/c1-36-10-20-42(21-11-36)49(43-22-12-37(2)13-23-43)34-40-18-30-51-46(32-40)28-29-47-33-41(19-31-52(47)53(51)48-8-6-5-7-9-48)35-50(44-24-14-38(3)15-25-44)45-26-16-39(4)17-27-45/h5-35H,1-4H3. The van der Waals surface area contributed by atoms with Gasteiger partial charge >= 0.3 is 0 Å². The maximum absolute atomic E-state index is 2.40. The van der Waals surface area contributed by atoms with Crippen LogP contribution in [0.2, 0.25) is 0 Å². The molecule has 1 aliphatic heterocycles. The molecular formula is C52H43N. The first-order chi connectivity index (χ1) is 25.9. The van der Waals surface area contributed by atoms with Gasteiger partial charge in [-0.2, -0.15) is 0 Å². The molecule has 0 aromatic heterocycles. The number of hydrogen-bond acceptors (Lipinski definition) is 1. The van der Waals surface area contributed by atoms with Crippen LogP contribution >= 0.6 is 0 Å². The van der Waals surface area contributed by atoms with Crippen molar-refractivity contribution in [2.24, 2.45) is 0 Å². The Morgan fingerprint density at radius 1 is 0.377 bits per heavy atom. The van der Waals surface area contributed by atoms with Crippen LogP contribution in [0.5, 0.6) is 0 Å². The first kappa shape index (κ1) is 33.7. The number of benzene rings is 7. The molecule has 0 radical (unpaired) electrons. The van der Waals surface area contributed by atoms with E-state index in [0.29, 0.717) is 0 Å². The van der Waals surface area contributed by atoms with E-state index in [9.17, 15) is 0 Å². The van der Waals surface area contributed by atoms with Gasteiger partial charge in [-0.15, -0.1) is 0 Å². The summed E-state index contributed by atoms with van der Waals surface area (Å²) in [5, 5.41) is 0. The molecular weight excluding hydrogens is 639 g/mol. The third-order valence-electron chi connectivity index (χ3n) is 10.1. The SMILES string of the molecule is Cc1ccc(C(=Cc2ccc3c(c2)C=Cc2cc(C=C(c4ccc(C)cc4)c4ccc(C)cc4)ccc2N3c2ccccc2)c2ccc(C)cc2)cc1. The Morgan fingerprint density at radius 2 is 0.717 bits per heavy atom. The molecule has 0 amide bonds. The Hall–Kier alpha value is -6.44. The molecule has 0 fully saturated rings. The van der Waals surface area contributed by atoms with Gasteiger partial charge in [-0.1, -0.05) is 162 Å². The van der Waals surface area contributed by atoms with Crippen molar-refractivity contribution in [2.75, 3.05) is 4.90 Å². The maximum atomic E-state index is 2.40. The molecule has 0 atom stereocenters. The third kappa shape index (κ3) is 7.34. The molecule has 1 heterocycles. The zero-order chi connectivity index (χ0) is 36.3. The normalized spacial score (nSPS) is 11.7. The second kappa shape index (κ2) is 14.7. The number of hydrogen-bond donors (Lipinski definition) is 0. The van der Waals surface area contributed by atoms with Crippen molar-refractivity contribution in [1.82, 2.24) is 0 Å². The van der Waals surface area contributed by atoms with Gasteiger partial charge in [-0.05, 0) is 132 Å². The molecule has 1 aliphatic rings. The van der Waals surface area contributed by atoms with Crippen molar-refractivity contribution in [2.45, 2.75) is 27.7 Å². The van der Waals surface area contributed by atoms with Crippen molar-refractivity contribution in [3.63, 3.8) is 0 Å². The van der Waals surface area contributed by atoms with Crippen molar-refractivity contribution in [3.8, 4) is 0 Å². The van der Waals surface area contributed by atoms with E-state index in [0.717, 1.165) is 28.2 Å². The summed E-state index contributed by atoms with van der Waals surface area (Å²) in [4.78, 5) is 2.40. The Morgan fingerprint density at radius 3 is 1.06 bits per heavy atom. The highest BCUT2D eigenvalue weighted by Crippen LogP contribution is 2.43. The molecule has 0 saturated heterocycles. The summed E-state index contributed by atoms with van der Waals surface area (Å²) in [6.45, 7) is 8.56. The molecule has 7 aromatic rings. The molecule has 1 heteroatoms. The van der Waals surface area contributed by atoms with E-state index in [1.807, 2.05) is 0 Å². The van der Waals surface area contributed by atoms with Crippen LogP contribution in [0.25, 0.3) is 35.5 Å². The lowest BCUT2D eigenvalue weighted by atomic mass is 9.94. The Kier molecular flexibility index (Phi) is 9.32. The molecule has 7 aromatic carbocycles. The average Bonchev–Trinajstić information content (AvgIpc) is 3.34. The van der Waals surface area contributed by atoms with Crippen LogP contribution in [0.4, 0.5) is 17.1 Å². The van der Waals surface area contributed by atoms with Crippen LogP contribution in [0.3, 0.4) is 0 Å². The van der Waals surface area contributed by atoms with Crippen LogP contribution in [0.15, 0.2) is 164 Å². The molecule has 1 nitrogen and oxygen atoms in total. The molecule has 0 N–H and O–H groups in total. The molecule has 0 aliphatic carbocycles. The highest BCUT2D eigenvalue weighted by Gasteiger charge is 2.21. The smallest absolute Gasteiger partial charge is 0.0534 e. The minimum absolute atomic E-state index is 1.13. The van der Waals surface area contributed by atoms with E-state index in [-0.39, 0.29) is 0 Å². The fraction of sp³-hybridized carbons (Fsp3) is 0.0769. The van der Waals surface area contributed by atoms with E-state index < -0.39 is 0 Å². The number of anilines is 3. The zero-order valence-electron chi connectivity index (χ0n) is 30.8. The molecule has 0 unspecified atom stereocenters. The fourth-order valence-corrected chi connectivity index (χ4v) is 7.10. The van der Waals surface area contributed by atoms with Crippen LogP contribution in [-0.2, 0) is 0 Å². The van der Waals surface area contributed by atoms with Gasteiger partial charge in [-0.25, -0.2) is 0 Å². The lowest BCUT2D eigenvalue weighted by Gasteiger charge is -2.27. The highest BCUT2D eigenvalue weighted by atomic mass is 15.1. The molecule has 0 bridgehead atoms. The lowest BCUT2D eigenvalue weighted by Crippen LogP contribution is -2.11. The largest absolute Gasteiger partial charge is 0.309 e. The fourth-order valence-electron chi connectivity index (χ4n) is 7.10. The average molecular weight is 682 g/mol. The summed E-state index contributed by atoms with van der Waals surface area (Å²) in [5.74, 6) is 0. The molecule has 0 spiro atoms. The van der Waals surface area contributed by atoms with Crippen molar-refractivity contribution in [3.05, 3.63) is 231 Å². The number of aryl methyl sites for hydroxylation is 4. The van der Waals surface area contributed by atoms with Crippen LogP contribution in [0.1, 0.15) is 66.8 Å². The second-order valence-electron chi connectivity index (χ2n) is 14.2. The van der Waals surface area contributed by atoms with Gasteiger partial charge in [0.25, 0.3) is 0 Å². The molecule has 256 valence electrons. The van der Waals surface area contributed by atoms with Crippen molar-refractivity contribution < 1.29 is 0 Å². The molecule has 8 rings (SSSR count). The summed E-state index contributed by atoms with van der Waals surface area (Å²) in [7, 11) is 0. The van der Waals surface area contributed by atoms with Gasteiger partial charge in [0.2, 0.25) is 0 Å². The van der Waals surface area contributed by atoms with Gasteiger partial charge in [0, 0.05) is 5.69 Å². The summed E-state index contributed by atoms with van der Waals surface area (Å²) < 4.78 is 0.